The molecule has 23 heavy (non-hydrogen) atoms. The number of aliphatic carboxylic acids is 1. The van der Waals surface area contributed by atoms with Crippen molar-refractivity contribution < 1.29 is 19.4 Å². The van der Waals surface area contributed by atoms with E-state index in [1.807, 2.05) is 30.3 Å². The molecular formula is C17H19NO4S. The van der Waals surface area contributed by atoms with Gasteiger partial charge in [-0.2, -0.15) is 0 Å². The van der Waals surface area contributed by atoms with Crippen LogP contribution < -0.4 is 5.32 Å². The molecule has 1 aromatic carbocycles. The number of nitrogens with one attached hydrogen (secondary N) is 1. The lowest BCUT2D eigenvalue weighted by molar-refractivity contribution is -0.144. The van der Waals surface area contributed by atoms with Gasteiger partial charge < -0.3 is 15.2 Å². The molecule has 0 bridgehead atoms. The second-order valence-electron chi connectivity index (χ2n) is 5.75. The van der Waals surface area contributed by atoms with Crippen LogP contribution in [0.2, 0.25) is 0 Å². The van der Waals surface area contributed by atoms with E-state index in [1.54, 1.807) is 0 Å². The maximum absolute atomic E-state index is 12.3. The van der Waals surface area contributed by atoms with Crippen molar-refractivity contribution in [2.75, 3.05) is 19.8 Å². The highest BCUT2D eigenvalue weighted by Crippen LogP contribution is 2.26. The minimum atomic E-state index is -0.853. The number of carbonyl (C=O) groups is 2. The summed E-state index contributed by atoms with van der Waals surface area (Å²) in [5.41, 5.74) is 0. The van der Waals surface area contributed by atoms with E-state index in [9.17, 15) is 14.7 Å². The Bertz CT molecular complexity index is 672. The van der Waals surface area contributed by atoms with E-state index >= 15 is 0 Å². The molecule has 1 aromatic heterocycles. The summed E-state index contributed by atoms with van der Waals surface area (Å²) in [6.07, 6.45) is 1.46. The quantitative estimate of drug-likeness (QED) is 0.882. The summed E-state index contributed by atoms with van der Waals surface area (Å²) < 4.78 is 6.33. The first-order valence-corrected chi connectivity index (χ1v) is 8.54. The molecular weight excluding hydrogens is 314 g/mol. The van der Waals surface area contributed by atoms with Crippen molar-refractivity contribution in [3.8, 4) is 0 Å². The van der Waals surface area contributed by atoms with Gasteiger partial charge in [0.2, 0.25) is 0 Å². The van der Waals surface area contributed by atoms with Gasteiger partial charge in [-0.15, -0.1) is 11.3 Å². The third-order valence-corrected chi connectivity index (χ3v) is 5.40. The summed E-state index contributed by atoms with van der Waals surface area (Å²) in [4.78, 5) is 24.4. The molecule has 2 N–H and O–H groups in total. The van der Waals surface area contributed by atoms with Gasteiger partial charge in [-0.1, -0.05) is 18.2 Å². The van der Waals surface area contributed by atoms with E-state index < -0.39 is 11.9 Å². The number of carboxylic acid groups (broad SMARTS) is 1. The summed E-state index contributed by atoms with van der Waals surface area (Å²) in [5.74, 6) is -1.56. The summed E-state index contributed by atoms with van der Waals surface area (Å²) in [6, 6.07) is 9.65. The number of benzene rings is 1. The third kappa shape index (κ3) is 3.71. The highest BCUT2D eigenvalue weighted by atomic mass is 32.1. The van der Waals surface area contributed by atoms with Crippen LogP contribution in [-0.2, 0) is 9.53 Å². The van der Waals surface area contributed by atoms with E-state index in [0.717, 1.165) is 22.9 Å². The average molecular weight is 333 g/mol. The fraction of sp³-hybridized carbons (Fsp3) is 0.412. The van der Waals surface area contributed by atoms with Gasteiger partial charge in [0, 0.05) is 24.5 Å². The maximum atomic E-state index is 12.3. The van der Waals surface area contributed by atoms with Gasteiger partial charge in [0.15, 0.2) is 0 Å². The van der Waals surface area contributed by atoms with Gasteiger partial charge in [0.1, 0.15) is 0 Å². The molecule has 122 valence electrons. The Hall–Kier alpha value is -1.92. The van der Waals surface area contributed by atoms with Crippen molar-refractivity contribution in [1.29, 1.82) is 0 Å². The summed E-state index contributed by atoms with van der Waals surface area (Å²) in [7, 11) is 0. The average Bonchev–Trinajstić information content (AvgIpc) is 2.99. The molecule has 6 heteroatoms. The normalized spacial score (nSPS) is 17.0. The fourth-order valence-corrected chi connectivity index (χ4v) is 3.94. The fourth-order valence-electron chi connectivity index (χ4n) is 2.96. The molecule has 0 saturated carbocycles. The van der Waals surface area contributed by atoms with Crippen molar-refractivity contribution in [1.82, 2.24) is 5.32 Å². The molecule has 2 heterocycles. The molecule has 2 aromatic rings. The molecule has 3 rings (SSSR count). The van der Waals surface area contributed by atoms with Gasteiger partial charge in [-0.25, -0.2) is 0 Å². The van der Waals surface area contributed by atoms with Crippen molar-refractivity contribution in [2.45, 2.75) is 12.8 Å². The summed E-state index contributed by atoms with van der Waals surface area (Å²) in [5, 5.41) is 13.3. The Balaban J connectivity index is 1.65. The zero-order valence-electron chi connectivity index (χ0n) is 12.7. The summed E-state index contributed by atoms with van der Waals surface area (Å²) in [6.45, 7) is 1.35. The largest absolute Gasteiger partial charge is 0.481 e. The van der Waals surface area contributed by atoms with E-state index in [2.05, 4.69) is 5.32 Å². The molecule has 1 atom stereocenters. The Morgan fingerprint density at radius 3 is 2.74 bits per heavy atom. The number of hydrogen-bond donors (Lipinski definition) is 2. The van der Waals surface area contributed by atoms with Crippen molar-refractivity contribution in [2.24, 2.45) is 11.8 Å². The molecule has 1 aliphatic rings. The van der Waals surface area contributed by atoms with Crippen molar-refractivity contribution in [3.63, 3.8) is 0 Å². The van der Waals surface area contributed by atoms with E-state index in [1.165, 1.54) is 11.3 Å². The second kappa shape index (κ2) is 7.10. The minimum Gasteiger partial charge on any atom is -0.481 e. The molecule has 1 aliphatic heterocycles. The van der Waals surface area contributed by atoms with Gasteiger partial charge in [-0.05, 0) is 36.3 Å². The maximum Gasteiger partial charge on any atom is 0.308 e. The number of carboxylic acids is 1. The Labute approximate surface area is 138 Å². The minimum absolute atomic E-state index is 0.0592. The number of fused-ring (bicyclic) bond motifs is 1. The predicted octanol–water partition coefficient (Wildman–Crippen LogP) is 2.76. The van der Waals surface area contributed by atoms with E-state index in [4.69, 9.17) is 4.74 Å². The van der Waals surface area contributed by atoms with Crippen LogP contribution in [0.3, 0.4) is 0 Å². The molecule has 0 aliphatic carbocycles. The first-order chi connectivity index (χ1) is 11.1. The first kappa shape index (κ1) is 16.0. The standard InChI is InChI=1S/C17H19NO4S/c19-16(15-9-12-3-1-2-4-14(12)23-15)18-10-13(17(20)21)11-5-7-22-8-6-11/h1-4,9,11,13H,5-8,10H2,(H,18,19)(H,20,21). The zero-order chi connectivity index (χ0) is 16.2. The van der Waals surface area contributed by atoms with Crippen molar-refractivity contribution >= 4 is 33.3 Å². The topological polar surface area (TPSA) is 75.6 Å². The number of ether oxygens (including phenoxy) is 1. The van der Waals surface area contributed by atoms with Crippen LogP contribution in [0.5, 0.6) is 0 Å². The highest BCUT2D eigenvalue weighted by Gasteiger charge is 2.30. The van der Waals surface area contributed by atoms with Crippen LogP contribution in [0, 0.1) is 11.8 Å². The number of hydrogen-bond acceptors (Lipinski definition) is 4. The smallest absolute Gasteiger partial charge is 0.308 e. The number of thiophene rings is 1. The monoisotopic (exact) mass is 333 g/mol. The van der Waals surface area contributed by atoms with Gasteiger partial charge in [0.05, 0.1) is 10.8 Å². The molecule has 5 nitrogen and oxygen atoms in total. The lowest BCUT2D eigenvalue weighted by Gasteiger charge is -2.27. The Morgan fingerprint density at radius 2 is 2.04 bits per heavy atom. The Kier molecular flexibility index (Phi) is 4.93. The summed E-state index contributed by atoms with van der Waals surface area (Å²) >= 11 is 1.42. The van der Waals surface area contributed by atoms with Crippen LogP contribution in [-0.4, -0.2) is 36.7 Å². The second-order valence-corrected chi connectivity index (χ2v) is 6.84. The predicted molar refractivity (Wildman–Crippen MR) is 88.8 cm³/mol. The number of rotatable bonds is 5. The van der Waals surface area contributed by atoms with Crippen LogP contribution in [0.1, 0.15) is 22.5 Å². The first-order valence-electron chi connectivity index (χ1n) is 7.72. The molecule has 0 radical (unpaired) electrons. The third-order valence-electron chi connectivity index (χ3n) is 4.28. The lowest BCUT2D eigenvalue weighted by atomic mass is 9.86. The van der Waals surface area contributed by atoms with Crippen LogP contribution in [0.4, 0.5) is 0 Å². The lowest BCUT2D eigenvalue weighted by Crippen LogP contribution is -2.38. The number of amides is 1. The molecule has 0 spiro atoms. The molecule has 1 unspecified atom stereocenters. The Morgan fingerprint density at radius 1 is 1.30 bits per heavy atom. The highest BCUT2D eigenvalue weighted by molar-refractivity contribution is 7.20. The van der Waals surface area contributed by atoms with Gasteiger partial charge in [0.25, 0.3) is 5.91 Å². The van der Waals surface area contributed by atoms with Gasteiger partial charge in [-0.3, -0.25) is 9.59 Å². The van der Waals surface area contributed by atoms with Crippen molar-refractivity contribution in [3.05, 3.63) is 35.2 Å². The molecule has 1 amide bonds. The number of carbonyl (C=O) groups excluding carboxylic acids is 1. The van der Waals surface area contributed by atoms with E-state index in [0.29, 0.717) is 18.1 Å². The van der Waals surface area contributed by atoms with Crippen LogP contribution >= 0.6 is 11.3 Å². The van der Waals surface area contributed by atoms with Crippen LogP contribution in [0.25, 0.3) is 10.1 Å². The molecule has 1 fully saturated rings. The van der Waals surface area contributed by atoms with Crippen LogP contribution in [0.15, 0.2) is 30.3 Å². The zero-order valence-corrected chi connectivity index (χ0v) is 13.5. The SMILES string of the molecule is O=C(NCC(C(=O)O)C1CCOCC1)c1cc2ccccc2s1. The van der Waals surface area contributed by atoms with Gasteiger partial charge >= 0.3 is 5.97 Å². The van der Waals surface area contributed by atoms with E-state index in [-0.39, 0.29) is 18.4 Å². The molecule has 1 saturated heterocycles.